The monoisotopic (exact) mass is 753 g/mol. The van der Waals surface area contributed by atoms with Gasteiger partial charge in [0.15, 0.2) is 6.10 Å². The number of hydrogen-bond acceptors (Lipinski definition) is 6. The van der Waals surface area contributed by atoms with Crippen LogP contribution < -0.4 is 0 Å². The fourth-order valence-electron chi connectivity index (χ4n) is 5.67. The third-order valence-electron chi connectivity index (χ3n) is 8.82. The van der Waals surface area contributed by atoms with E-state index in [0.29, 0.717) is 12.8 Å². The minimum atomic E-state index is -4.76. The Morgan fingerprint density at radius 2 is 0.865 bits per heavy atom. The van der Waals surface area contributed by atoms with Gasteiger partial charge in [0.1, 0.15) is 6.61 Å². The molecule has 52 heavy (non-hydrogen) atoms. The molecule has 0 aromatic rings. The Morgan fingerprint density at radius 1 is 0.500 bits per heavy atom. The number of allylic oxidation sites excluding steroid dienone is 8. The normalized spacial score (nSPS) is 12.9. The standard InChI is InChI=1S/C43H77O8P/c1-3-5-7-9-11-13-15-17-19-20-21-22-24-26-28-30-32-34-36-38-43(45)51-41(40-50-52(46,47)48)39-49-42(44)37-35-33-31-29-27-25-23-18-16-14-12-10-8-6-4-2/h11,13,17-19,21-23,41H,3-10,12,14-16,20,24-40H2,1-2H3,(H2,46,47,48)/b13-11-,19-17-,22-21-,23-18-. The second kappa shape index (κ2) is 38.7. The number of carbonyl (C=O) groups is 2. The molecule has 0 aromatic heterocycles. The van der Waals surface area contributed by atoms with Crippen LogP contribution in [0.2, 0.25) is 0 Å². The molecule has 1 unspecified atom stereocenters. The lowest BCUT2D eigenvalue weighted by molar-refractivity contribution is -0.161. The molecule has 0 saturated carbocycles. The summed E-state index contributed by atoms with van der Waals surface area (Å²) in [5, 5.41) is 0. The molecule has 1 atom stereocenters. The van der Waals surface area contributed by atoms with Gasteiger partial charge in [-0.05, 0) is 77.0 Å². The summed E-state index contributed by atoms with van der Waals surface area (Å²) in [6.07, 6.45) is 46.8. The number of phosphoric ester groups is 1. The molecule has 0 aromatic carbocycles. The summed E-state index contributed by atoms with van der Waals surface area (Å²) in [5.41, 5.74) is 0. The minimum absolute atomic E-state index is 0.195. The molecule has 2 N–H and O–H groups in total. The van der Waals surface area contributed by atoms with Gasteiger partial charge >= 0.3 is 19.8 Å². The van der Waals surface area contributed by atoms with Gasteiger partial charge in [-0.1, -0.05) is 152 Å². The number of esters is 2. The predicted octanol–water partition coefficient (Wildman–Crippen LogP) is 12.7. The Morgan fingerprint density at radius 3 is 1.35 bits per heavy atom. The molecule has 9 heteroatoms. The van der Waals surface area contributed by atoms with Crippen LogP contribution in [0.5, 0.6) is 0 Å². The highest BCUT2D eigenvalue weighted by atomic mass is 31.2. The van der Waals surface area contributed by atoms with Gasteiger partial charge in [0.05, 0.1) is 6.61 Å². The summed E-state index contributed by atoms with van der Waals surface area (Å²) in [5.74, 6) is -0.909. The fraction of sp³-hybridized carbons (Fsp3) is 0.767. The zero-order chi connectivity index (χ0) is 38.2. The first kappa shape index (κ1) is 50.0. The van der Waals surface area contributed by atoms with Crippen LogP contribution in [0.25, 0.3) is 0 Å². The van der Waals surface area contributed by atoms with Crippen molar-refractivity contribution in [1.29, 1.82) is 0 Å². The second-order valence-corrected chi connectivity index (χ2v) is 15.2. The van der Waals surface area contributed by atoms with Crippen molar-refractivity contribution in [3.8, 4) is 0 Å². The van der Waals surface area contributed by atoms with Gasteiger partial charge in [-0.15, -0.1) is 0 Å². The van der Waals surface area contributed by atoms with E-state index in [4.69, 9.17) is 19.3 Å². The third-order valence-corrected chi connectivity index (χ3v) is 9.31. The Hall–Kier alpha value is -1.99. The van der Waals surface area contributed by atoms with E-state index >= 15 is 0 Å². The number of unbranched alkanes of at least 4 members (excludes halogenated alkanes) is 20. The second-order valence-electron chi connectivity index (χ2n) is 14.0. The van der Waals surface area contributed by atoms with E-state index in [1.54, 1.807) is 0 Å². The topological polar surface area (TPSA) is 119 Å². The van der Waals surface area contributed by atoms with Crippen molar-refractivity contribution >= 4 is 19.8 Å². The highest BCUT2D eigenvalue weighted by Crippen LogP contribution is 2.36. The molecule has 0 fully saturated rings. The van der Waals surface area contributed by atoms with Crippen LogP contribution in [-0.2, 0) is 28.2 Å². The average Bonchev–Trinajstić information content (AvgIpc) is 3.11. The van der Waals surface area contributed by atoms with Crippen molar-refractivity contribution in [3.63, 3.8) is 0 Å². The van der Waals surface area contributed by atoms with Gasteiger partial charge in [0.25, 0.3) is 0 Å². The molecule has 302 valence electrons. The Kier molecular flexibility index (Phi) is 37.2. The van der Waals surface area contributed by atoms with Gasteiger partial charge in [-0.25, -0.2) is 4.57 Å². The summed E-state index contributed by atoms with van der Waals surface area (Å²) in [6.45, 7) is 3.64. The maximum atomic E-state index is 12.4. The van der Waals surface area contributed by atoms with E-state index in [0.717, 1.165) is 83.5 Å². The molecular formula is C43H77O8P. The van der Waals surface area contributed by atoms with Crippen LogP contribution in [0.15, 0.2) is 48.6 Å². The van der Waals surface area contributed by atoms with E-state index in [1.807, 2.05) is 0 Å². The predicted molar refractivity (Wildman–Crippen MR) is 216 cm³/mol. The minimum Gasteiger partial charge on any atom is -0.462 e. The van der Waals surface area contributed by atoms with Gasteiger partial charge in [-0.3, -0.25) is 14.1 Å². The van der Waals surface area contributed by atoms with Crippen molar-refractivity contribution in [2.45, 2.75) is 200 Å². The highest BCUT2D eigenvalue weighted by molar-refractivity contribution is 7.46. The summed E-state index contributed by atoms with van der Waals surface area (Å²) in [6, 6.07) is 0. The van der Waals surface area contributed by atoms with E-state index in [9.17, 15) is 14.2 Å². The molecule has 0 saturated heterocycles. The number of ether oxygens (including phenoxy) is 2. The van der Waals surface area contributed by atoms with Crippen LogP contribution in [0.4, 0.5) is 0 Å². The number of phosphoric acid groups is 1. The SMILES string of the molecule is CCCCC/C=C\C/C=C\C/C=C\CCCCCCCCC(=O)OC(COC(=O)CCCCCCC/C=C\CCCCCCCC)COP(=O)(O)O. The molecule has 0 radical (unpaired) electrons. The van der Waals surface area contributed by atoms with Crippen molar-refractivity contribution < 1.29 is 37.9 Å². The molecular weight excluding hydrogens is 675 g/mol. The smallest absolute Gasteiger partial charge is 0.462 e. The van der Waals surface area contributed by atoms with Gasteiger partial charge < -0.3 is 19.3 Å². The number of hydrogen-bond donors (Lipinski definition) is 2. The van der Waals surface area contributed by atoms with E-state index in [1.165, 1.54) is 70.6 Å². The van der Waals surface area contributed by atoms with Crippen LogP contribution in [0.1, 0.15) is 194 Å². The zero-order valence-electron chi connectivity index (χ0n) is 33.2. The van der Waals surface area contributed by atoms with Crippen molar-refractivity contribution in [3.05, 3.63) is 48.6 Å². The highest BCUT2D eigenvalue weighted by Gasteiger charge is 2.22. The molecule has 0 bridgehead atoms. The van der Waals surface area contributed by atoms with Crippen molar-refractivity contribution in [2.75, 3.05) is 13.2 Å². The molecule has 8 nitrogen and oxygen atoms in total. The molecule has 0 amide bonds. The average molecular weight is 753 g/mol. The van der Waals surface area contributed by atoms with Gasteiger partial charge in [0, 0.05) is 12.8 Å². The van der Waals surface area contributed by atoms with E-state index < -0.39 is 32.5 Å². The largest absolute Gasteiger partial charge is 0.469 e. The molecule has 0 rings (SSSR count). The maximum absolute atomic E-state index is 12.4. The lowest BCUT2D eigenvalue weighted by atomic mass is 10.1. The van der Waals surface area contributed by atoms with E-state index in [-0.39, 0.29) is 19.4 Å². The van der Waals surface area contributed by atoms with Crippen molar-refractivity contribution in [1.82, 2.24) is 0 Å². The van der Waals surface area contributed by atoms with Gasteiger partial charge in [-0.2, -0.15) is 0 Å². The molecule has 0 spiro atoms. The van der Waals surface area contributed by atoms with Gasteiger partial charge in [0.2, 0.25) is 0 Å². The number of rotatable bonds is 38. The third kappa shape index (κ3) is 40.8. The van der Waals surface area contributed by atoms with E-state index in [2.05, 4.69) is 67.0 Å². The summed E-state index contributed by atoms with van der Waals surface area (Å²) < 4.78 is 26.4. The lowest BCUT2D eigenvalue weighted by Gasteiger charge is -2.18. The Bertz CT molecular complexity index is 984. The fourth-order valence-corrected chi connectivity index (χ4v) is 6.03. The van der Waals surface area contributed by atoms with Crippen LogP contribution in [0, 0.1) is 0 Å². The Balaban J connectivity index is 3.97. The molecule has 0 aliphatic carbocycles. The molecule has 0 aliphatic rings. The lowest BCUT2D eigenvalue weighted by Crippen LogP contribution is -2.29. The number of carbonyl (C=O) groups excluding carboxylic acids is 2. The quantitative estimate of drug-likeness (QED) is 0.0277. The first-order valence-corrected chi connectivity index (χ1v) is 22.5. The molecule has 0 heterocycles. The summed E-state index contributed by atoms with van der Waals surface area (Å²) in [7, 11) is -4.76. The maximum Gasteiger partial charge on any atom is 0.469 e. The first-order chi connectivity index (χ1) is 25.3. The van der Waals surface area contributed by atoms with Crippen LogP contribution >= 0.6 is 7.82 Å². The van der Waals surface area contributed by atoms with Crippen LogP contribution in [-0.4, -0.2) is 41.0 Å². The molecule has 0 aliphatic heterocycles. The Labute approximate surface area is 318 Å². The zero-order valence-corrected chi connectivity index (χ0v) is 34.1. The van der Waals surface area contributed by atoms with Crippen molar-refractivity contribution in [2.24, 2.45) is 0 Å². The summed E-state index contributed by atoms with van der Waals surface area (Å²) >= 11 is 0. The first-order valence-electron chi connectivity index (χ1n) is 20.9. The summed E-state index contributed by atoms with van der Waals surface area (Å²) in [4.78, 5) is 42.8. The van der Waals surface area contributed by atoms with Crippen LogP contribution in [0.3, 0.4) is 0 Å².